The number of rotatable bonds is 5. The van der Waals surface area contributed by atoms with Crippen molar-refractivity contribution in [1.29, 1.82) is 0 Å². The van der Waals surface area contributed by atoms with E-state index in [0.717, 1.165) is 5.56 Å². The second-order valence-corrected chi connectivity index (χ2v) is 5.02. The van der Waals surface area contributed by atoms with Crippen LogP contribution in [0.2, 0.25) is 5.02 Å². The molecule has 2 rings (SSSR count). The van der Waals surface area contributed by atoms with Crippen molar-refractivity contribution in [3.05, 3.63) is 52.7 Å². The monoisotopic (exact) mass is 304 g/mol. The Labute approximate surface area is 128 Å². The molecule has 0 saturated heterocycles. The van der Waals surface area contributed by atoms with E-state index in [9.17, 15) is 4.79 Å². The molecule has 1 aromatic heterocycles. The Morgan fingerprint density at radius 2 is 1.90 bits per heavy atom. The first-order valence-electron chi connectivity index (χ1n) is 6.74. The van der Waals surface area contributed by atoms with E-state index < -0.39 is 0 Å². The van der Waals surface area contributed by atoms with E-state index in [2.05, 4.69) is 20.8 Å². The Balaban J connectivity index is 2.02. The molecule has 6 heteroatoms. The van der Waals surface area contributed by atoms with E-state index in [-0.39, 0.29) is 11.9 Å². The van der Waals surface area contributed by atoms with Gasteiger partial charge in [0.25, 0.3) is 5.91 Å². The van der Waals surface area contributed by atoms with Gasteiger partial charge in [-0.05, 0) is 43.7 Å². The van der Waals surface area contributed by atoms with E-state index in [1.807, 2.05) is 38.1 Å². The van der Waals surface area contributed by atoms with Gasteiger partial charge in [0, 0.05) is 11.6 Å². The van der Waals surface area contributed by atoms with E-state index in [4.69, 9.17) is 11.6 Å². The van der Waals surface area contributed by atoms with Gasteiger partial charge in [-0.1, -0.05) is 23.7 Å². The van der Waals surface area contributed by atoms with Crippen molar-refractivity contribution >= 4 is 23.3 Å². The van der Waals surface area contributed by atoms with Gasteiger partial charge in [-0.2, -0.15) is 0 Å². The van der Waals surface area contributed by atoms with Crippen LogP contribution in [-0.4, -0.2) is 22.6 Å². The van der Waals surface area contributed by atoms with Crippen LogP contribution in [-0.2, 0) is 0 Å². The van der Waals surface area contributed by atoms with Crippen LogP contribution in [0, 0.1) is 0 Å². The molecule has 0 radical (unpaired) electrons. The first-order valence-corrected chi connectivity index (χ1v) is 7.12. The maximum atomic E-state index is 11.6. The average molecular weight is 305 g/mol. The van der Waals surface area contributed by atoms with E-state index in [1.54, 1.807) is 12.1 Å². The molecule has 1 aromatic carbocycles. The van der Waals surface area contributed by atoms with Gasteiger partial charge in [-0.15, -0.1) is 10.2 Å². The second-order valence-electron chi connectivity index (χ2n) is 4.58. The molecular weight excluding hydrogens is 288 g/mol. The number of carbonyl (C=O) groups is 1. The maximum Gasteiger partial charge on any atom is 0.271 e. The van der Waals surface area contributed by atoms with E-state index in [0.29, 0.717) is 23.1 Å². The molecule has 0 aliphatic rings. The van der Waals surface area contributed by atoms with Crippen molar-refractivity contribution in [2.75, 3.05) is 11.9 Å². The summed E-state index contributed by atoms with van der Waals surface area (Å²) < 4.78 is 0. The number of hydrogen-bond acceptors (Lipinski definition) is 4. The standard InChI is InChI=1S/C15H17ClN4O/c1-3-17-15(21)13-8-9-14(20-19-13)18-10(2)11-4-6-12(16)7-5-11/h4-10H,3H2,1-2H3,(H,17,21)(H,18,20). The quantitative estimate of drug-likeness (QED) is 0.891. The second kappa shape index (κ2) is 7.04. The summed E-state index contributed by atoms with van der Waals surface area (Å²) in [5.41, 5.74) is 1.40. The summed E-state index contributed by atoms with van der Waals surface area (Å²) in [6.07, 6.45) is 0. The van der Waals surface area contributed by atoms with Gasteiger partial charge in [0.2, 0.25) is 0 Å². The van der Waals surface area contributed by atoms with Gasteiger partial charge in [-0.3, -0.25) is 4.79 Å². The molecule has 21 heavy (non-hydrogen) atoms. The first-order chi connectivity index (χ1) is 10.1. The normalized spacial score (nSPS) is 11.8. The maximum absolute atomic E-state index is 11.6. The van der Waals surface area contributed by atoms with Crippen molar-refractivity contribution in [2.24, 2.45) is 0 Å². The number of nitrogens with zero attached hydrogens (tertiary/aromatic N) is 2. The lowest BCUT2D eigenvalue weighted by Gasteiger charge is -2.14. The smallest absolute Gasteiger partial charge is 0.271 e. The SMILES string of the molecule is CCNC(=O)c1ccc(NC(C)c2ccc(Cl)cc2)nn1. The topological polar surface area (TPSA) is 66.9 Å². The summed E-state index contributed by atoms with van der Waals surface area (Å²) in [5, 5.41) is 14.5. The number of carbonyl (C=O) groups excluding carboxylic acids is 1. The van der Waals surface area contributed by atoms with Crippen LogP contribution in [0.1, 0.15) is 35.9 Å². The third-order valence-electron chi connectivity index (χ3n) is 2.97. The molecule has 0 spiro atoms. The number of amides is 1. The van der Waals surface area contributed by atoms with Gasteiger partial charge in [-0.25, -0.2) is 0 Å². The molecule has 0 aliphatic carbocycles. The van der Waals surface area contributed by atoms with Gasteiger partial charge in [0.05, 0.1) is 6.04 Å². The Hall–Kier alpha value is -2.14. The number of benzene rings is 1. The van der Waals surface area contributed by atoms with Crippen molar-refractivity contribution in [3.63, 3.8) is 0 Å². The van der Waals surface area contributed by atoms with Gasteiger partial charge in [0.1, 0.15) is 5.82 Å². The predicted molar refractivity (Wildman–Crippen MR) is 83.5 cm³/mol. The fraction of sp³-hybridized carbons (Fsp3) is 0.267. The highest BCUT2D eigenvalue weighted by atomic mass is 35.5. The summed E-state index contributed by atoms with van der Waals surface area (Å²) in [4.78, 5) is 11.6. The molecular formula is C15H17ClN4O. The number of nitrogens with one attached hydrogen (secondary N) is 2. The zero-order chi connectivity index (χ0) is 15.2. The van der Waals surface area contributed by atoms with Gasteiger partial charge >= 0.3 is 0 Å². The van der Waals surface area contributed by atoms with Crippen LogP contribution in [0.5, 0.6) is 0 Å². The summed E-state index contributed by atoms with van der Waals surface area (Å²) in [7, 11) is 0. The predicted octanol–water partition coefficient (Wildman–Crippen LogP) is 3.05. The third-order valence-corrected chi connectivity index (χ3v) is 3.22. The van der Waals surface area contributed by atoms with Gasteiger partial charge < -0.3 is 10.6 Å². The van der Waals surface area contributed by atoms with Crippen LogP contribution < -0.4 is 10.6 Å². The molecule has 2 N–H and O–H groups in total. The Kier molecular flexibility index (Phi) is 5.11. The van der Waals surface area contributed by atoms with Crippen LogP contribution in [0.15, 0.2) is 36.4 Å². The highest BCUT2D eigenvalue weighted by Gasteiger charge is 2.09. The lowest BCUT2D eigenvalue weighted by Crippen LogP contribution is -2.24. The third kappa shape index (κ3) is 4.16. The van der Waals surface area contributed by atoms with Crippen LogP contribution in [0.4, 0.5) is 5.82 Å². The summed E-state index contributed by atoms with van der Waals surface area (Å²) >= 11 is 5.87. The van der Waals surface area contributed by atoms with E-state index in [1.165, 1.54) is 0 Å². The van der Waals surface area contributed by atoms with Crippen LogP contribution in [0.3, 0.4) is 0 Å². The lowest BCUT2D eigenvalue weighted by molar-refractivity contribution is 0.0950. The van der Waals surface area contributed by atoms with Gasteiger partial charge in [0.15, 0.2) is 5.69 Å². The molecule has 2 aromatic rings. The summed E-state index contributed by atoms with van der Waals surface area (Å²) in [6.45, 7) is 4.44. The molecule has 0 bridgehead atoms. The number of aromatic nitrogens is 2. The largest absolute Gasteiger partial charge is 0.362 e. The molecule has 110 valence electrons. The minimum atomic E-state index is -0.220. The number of anilines is 1. The zero-order valence-electron chi connectivity index (χ0n) is 11.9. The summed E-state index contributed by atoms with van der Waals surface area (Å²) in [6, 6.07) is 11.1. The average Bonchev–Trinajstić information content (AvgIpc) is 2.49. The molecule has 0 fully saturated rings. The highest BCUT2D eigenvalue weighted by molar-refractivity contribution is 6.30. The number of hydrogen-bond donors (Lipinski definition) is 2. The zero-order valence-corrected chi connectivity index (χ0v) is 12.7. The molecule has 0 saturated carbocycles. The highest BCUT2D eigenvalue weighted by Crippen LogP contribution is 2.19. The van der Waals surface area contributed by atoms with Crippen molar-refractivity contribution in [3.8, 4) is 0 Å². The Bertz CT molecular complexity index is 598. The molecule has 1 unspecified atom stereocenters. The van der Waals surface area contributed by atoms with Crippen molar-refractivity contribution in [1.82, 2.24) is 15.5 Å². The first kappa shape index (κ1) is 15.3. The minimum absolute atomic E-state index is 0.0619. The van der Waals surface area contributed by atoms with Crippen LogP contribution >= 0.6 is 11.6 Å². The molecule has 1 heterocycles. The molecule has 1 atom stereocenters. The summed E-state index contributed by atoms with van der Waals surface area (Å²) in [5.74, 6) is 0.396. The number of halogens is 1. The lowest BCUT2D eigenvalue weighted by atomic mass is 10.1. The van der Waals surface area contributed by atoms with E-state index >= 15 is 0 Å². The molecule has 0 aliphatic heterocycles. The minimum Gasteiger partial charge on any atom is -0.362 e. The molecule has 1 amide bonds. The Morgan fingerprint density at radius 3 is 2.48 bits per heavy atom. The van der Waals surface area contributed by atoms with Crippen LogP contribution in [0.25, 0.3) is 0 Å². The fourth-order valence-electron chi connectivity index (χ4n) is 1.84. The van der Waals surface area contributed by atoms with Crippen molar-refractivity contribution < 1.29 is 4.79 Å². The fourth-order valence-corrected chi connectivity index (χ4v) is 1.96. The molecule has 5 nitrogen and oxygen atoms in total. The van der Waals surface area contributed by atoms with Crippen molar-refractivity contribution in [2.45, 2.75) is 19.9 Å². The Morgan fingerprint density at radius 1 is 1.19 bits per heavy atom.